The van der Waals surface area contributed by atoms with E-state index in [1.807, 2.05) is 0 Å². The maximum absolute atomic E-state index is 15.7. The van der Waals surface area contributed by atoms with Crippen LogP contribution < -0.4 is 20.7 Å². The summed E-state index contributed by atoms with van der Waals surface area (Å²) in [5.74, 6) is -2.72. The van der Waals surface area contributed by atoms with Gasteiger partial charge in [0.15, 0.2) is 17.2 Å². The van der Waals surface area contributed by atoms with Gasteiger partial charge in [0.1, 0.15) is 22.7 Å². The van der Waals surface area contributed by atoms with E-state index in [0.29, 0.717) is 27.9 Å². The topological polar surface area (TPSA) is 143 Å². The Hall–Kier alpha value is -5.65. The molecule has 0 saturated heterocycles. The predicted octanol–water partition coefficient (Wildman–Crippen LogP) is 5.52. The first-order valence-electron chi connectivity index (χ1n) is 14.4. The van der Waals surface area contributed by atoms with Crippen molar-refractivity contribution in [3.63, 3.8) is 0 Å². The van der Waals surface area contributed by atoms with Gasteiger partial charge in [-0.1, -0.05) is 12.1 Å². The summed E-state index contributed by atoms with van der Waals surface area (Å²) in [5, 5.41) is 10.7. The number of aromatic amines is 1. The quantitative estimate of drug-likeness (QED) is 0.188. The number of hydrogen-bond donors (Lipinski definition) is 3. The van der Waals surface area contributed by atoms with E-state index in [9.17, 15) is 18.8 Å². The van der Waals surface area contributed by atoms with Crippen LogP contribution in [0.4, 0.5) is 20.2 Å². The summed E-state index contributed by atoms with van der Waals surface area (Å²) in [4.78, 5) is 43.6. The summed E-state index contributed by atoms with van der Waals surface area (Å²) in [5.41, 5.74) is 6.62. The van der Waals surface area contributed by atoms with Gasteiger partial charge in [-0.15, -0.1) is 0 Å². The normalized spacial score (nSPS) is 15.0. The van der Waals surface area contributed by atoms with Crippen LogP contribution in [0.1, 0.15) is 36.0 Å². The van der Waals surface area contributed by atoms with Crippen LogP contribution >= 0.6 is 0 Å². The molecule has 2 aliphatic rings. The van der Waals surface area contributed by atoms with Gasteiger partial charge in [0.05, 0.1) is 11.1 Å². The molecule has 0 aliphatic heterocycles. The fourth-order valence-electron chi connectivity index (χ4n) is 5.20. The SMILES string of the molecule is NC(=O)C1(C(=O)N(c2ccc(F)cc2)c2ccc(Oc3ccnc4[nH]nc(-c5ccc(C(=O)NC6CC6)cc5)c34)c(F)c2)CC1. The van der Waals surface area contributed by atoms with Crippen molar-refractivity contribution in [1.82, 2.24) is 20.5 Å². The third kappa shape index (κ3) is 5.24. The van der Waals surface area contributed by atoms with Crippen molar-refractivity contribution in [3.8, 4) is 22.8 Å². The van der Waals surface area contributed by atoms with E-state index in [4.69, 9.17) is 10.5 Å². The van der Waals surface area contributed by atoms with Crippen LogP contribution in [0.5, 0.6) is 11.5 Å². The van der Waals surface area contributed by atoms with Gasteiger partial charge in [-0.2, -0.15) is 5.10 Å². The fourth-order valence-corrected chi connectivity index (χ4v) is 5.20. The Balaban J connectivity index is 1.20. The molecule has 0 radical (unpaired) electrons. The van der Waals surface area contributed by atoms with E-state index in [0.717, 1.165) is 23.8 Å². The van der Waals surface area contributed by atoms with Gasteiger partial charge in [0.2, 0.25) is 11.8 Å². The van der Waals surface area contributed by atoms with E-state index >= 15 is 4.39 Å². The largest absolute Gasteiger partial charge is 0.453 e. The molecule has 3 aromatic carbocycles. The van der Waals surface area contributed by atoms with Gasteiger partial charge in [-0.3, -0.25) is 24.4 Å². The molecule has 12 heteroatoms. The summed E-state index contributed by atoms with van der Waals surface area (Å²) in [6, 6.07) is 17.8. The van der Waals surface area contributed by atoms with Crippen LogP contribution in [0.15, 0.2) is 79.0 Å². The second-order valence-electron chi connectivity index (χ2n) is 11.2. The lowest BCUT2D eigenvalue weighted by Crippen LogP contribution is -2.41. The molecule has 4 N–H and O–H groups in total. The number of nitrogens with two attached hydrogens (primary N) is 1. The molecule has 2 fully saturated rings. The molecule has 226 valence electrons. The van der Waals surface area contributed by atoms with Crippen LogP contribution in [0, 0.1) is 17.0 Å². The molecule has 7 rings (SSSR count). The standard InChI is InChI=1S/C33H26F2N6O4/c34-20-5-9-22(10-6-20)41(32(44)33(14-15-33)31(36)43)23-11-12-25(24(35)17-23)45-26-13-16-37-29-27(26)28(39-40-29)18-1-3-19(4-2-18)30(42)38-21-7-8-21/h1-6,9-13,16-17,21H,7-8,14-15H2,(H2,36,43)(H,38,42)(H,37,39,40). The lowest BCUT2D eigenvalue weighted by atomic mass is 10.0. The van der Waals surface area contributed by atoms with Crippen molar-refractivity contribution in [2.45, 2.75) is 31.7 Å². The minimum absolute atomic E-state index is 0.110. The van der Waals surface area contributed by atoms with Crippen LogP contribution in [0.25, 0.3) is 22.3 Å². The molecule has 0 atom stereocenters. The number of H-pyrrole nitrogens is 1. The number of aromatic nitrogens is 3. The number of hydrogen-bond acceptors (Lipinski definition) is 6. The van der Waals surface area contributed by atoms with Gasteiger partial charge in [0.25, 0.3) is 5.91 Å². The zero-order chi connectivity index (χ0) is 31.3. The average molecular weight is 609 g/mol. The number of anilines is 2. The van der Waals surface area contributed by atoms with Crippen molar-refractivity contribution >= 4 is 40.1 Å². The maximum atomic E-state index is 15.7. The van der Waals surface area contributed by atoms with E-state index in [1.165, 1.54) is 42.6 Å². The molecule has 0 spiro atoms. The van der Waals surface area contributed by atoms with Crippen molar-refractivity contribution in [2.24, 2.45) is 11.1 Å². The Morgan fingerprint density at radius 3 is 2.29 bits per heavy atom. The summed E-state index contributed by atoms with van der Waals surface area (Å²) in [6.07, 6.45) is 4.00. The highest BCUT2D eigenvalue weighted by atomic mass is 19.1. The summed E-state index contributed by atoms with van der Waals surface area (Å²) < 4.78 is 35.4. The van der Waals surface area contributed by atoms with E-state index in [-0.39, 0.29) is 47.7 Å². The van der Waals surface area contributed by atoms with Crippen molar-refractivity contribution in [3.05, 3.63) is 96.2 Å². The predicted molar refractivity (Wildman–Crippen MR) is 161 cm³/mol. The zero-order valence-electron chi connectivity index (χ0n) is 23.7. The number of carbonyl (C=O) groups is 3. The number of amides is 3. The second-order valence-corrected chi connectivity index (χ2v) is 11.2. The van der Waals surface area contributed by atoms with Crippen molar-refractivity contribution in [1.29, 1.82) is 0 Å². The summed E-state index contributed by atoms with van der Waals surface area (Å²) in [6.45, 7) is 0. The minimum Gasteiger partial charge on any atom is -0.453 e. The van der Waals surface area contributed by atoms with Gasteiger partial charge >= 0.3 is 0 Å². The van der Waals surface area contributed by atoms with Gasteiger partial charge < -0.3 is 15.8 Å². The van der Waals surface area contributed by atoms with Crippen LogP contribution in [0.2, 0.25) is 0 Å². The number of carbonyl (C=O) groups excluding carboxylic acids is 3. The molecule has 2 aliphatic carbocycles. The molecule has 2 saturated carbocycles. The number of nitrogens with one attached hydrogen (secondary N) is 2. The highest BCUT2D eigenvalue weighted by Gasteiger charge is 2.57. The third-order valence-corrected chi connectivity index (χ3v) is 8.07. The van der Waals surface area contributed by atoms with Crippen molar-refractivity contribution in [2.75, 3.05) is 4.90 Å². The fraction of sp³-hybridized carbons (Fsp3) is 0.182. The number of primary amides is 1. The van der Waals surface area contributed by atoms with E-state index < -0.39 is 28.9 Å². The Bertz CT molecular complexity index is 1970. The molecular formula is C33H26F2N6O4. The molecule has 45 heavy (non-hydrogen) atoms. The molecule has 0 unspecified atom stereocenters. The number of pyridine rings is 1. The Labute approximate surface area is 255 Å². The van der Waals surface area contributed by atoms with E-state index in [1.54, 1.807) is 30.3 Å². The van der Waals surface area contributed by atoms with Gasteiger partial charge in [-0.05, 0) is 80.3 Å². The molecule has 3 amide bonds. The zero-order valence-corrected chi connectivity index (χ0v) is 23.7. The Kier molecular flexibility index (Phi) is 6.76. The molecule has 0 bridgehead atoms. The number of rotatable bonds is 9. The molecule has 2 aromatic heterocycles. The van der Waals surface area contributed by atoms with Crippen molar-refractivity contribution < 1.29 is 27.9 Å². The number of fused-ring (bicyclic) bond motifs is 1. The number of nitrogens with zero attached hydrogens (tertiary/aromatic N) is 3. The average Bonchev–Trinajstić information content (AvgIpc) is 3.97. The summed E-state index contributed by atoms with van der Waals surface area (Å²) >= 11 is 0. The first-order valence-corrected chi connectivity index (χ1v) is 14.4. The molecular weight excluding hydrogens is 582 g/mol. The third-order valence-electron chi connectivity index (χ3n) is 8.07. The number of benzene rings is 3. The molecule has 10 nitrogen and oxygen atoms in total. The minimum atomic E-state index is -1.40. The number of halogens is 2. The van der Waals surface area contributed by atoms with Crippen LogP contribution in [-0.2, 0) is 9.59 Å². The molecule has 2 heterocycles. The second kappa shape index (κ2) is 10.8. The Morgan fingerprint density at radius 2 is 1.64 bits per heavy atom. The monoisotopic (exact) mass is 608 g/mol. The first kappa shape index (κ1) is 28.1. The first-order chi connectivity index (χ1) is 21.7. The van der Waals surface area contributed by atoms with Gasteiger partial charge in [0, 0.05) is 35.1 Å². The smallest absolute Gasteiger partial charge is 0.251 e. The lowest BCUT2D eigenvalue weighted by Gasteiger charge is -2.26. The highest BCUT2D eigenvalue weighted by Crippen LogP contribution is 2.49. The lowest BCUT2D eigenvalue weighted by molar-refractivity contribution is -0.133. The van der Waals surface area contributed by atoms with Crippen LogP contribution in [-0.4, -0.2) is 38.9 Å². The van der Waals surface area contributed by atoms with Crippen LogP contribution in [0.3, 0.4) is 0 Å². The Morgan fingerprint density at radius 1 is 0.933 bits per heavy atom. The molecule has 5 aromatic rings. The number of ether oxygens (including phenoxy) is 1. The van der Waals surface area contributed by atoms with E-state index in [2.05, 4.69) is 20.5 Å². The maximum Gasteiger partial charge on any atom is 0.251 e. The summed E-state index contributed by atoms with van der Waals surface area (Å²) in [7, 11) is 0. The highest BCUT2D eigenvalue weighted by molar-refractivity contribution is 6.16. The van der Waals surface area contributed by atoms with Gasteiger partial charge in [-0.25, -0.2) is 13.8 Å².